The molecule has 2 aromatic rings. The van der Waals surface area contributed by atoms with E-state index in [1.165, 1.54) is 37.9 Å². The van der Waals surface area contributed by atoms with Gasteiger partial charge in [-0.2, -0.15) is 0 Å². The van der Waals surface area contributed by atoms with Crippen molar-refractivity contribution in [1.29, 1.82) is 0 Å². The smallest absolute Gasteiger partial charge is 0.161 e. The Labute approximate surface area is 125 Å². The molecule has 0 aromatic carbocycles. The van der Waals surface area contributed by atoms with E-state index in [4.69, 9.17) is 4.98 Å². The van der Waals surface area contributed by atoms with Crippen LogP contribution in [0.25, 0.3) is 11.2 Å². The van der Waals surface area contributed by atoms with Crippen LogP contribution in [-0.2, 0) is 0 Å². The Bertz CT molecular complexity index is 608. The predicted molar refractivity (Wildman–Crippen MR) is 83.3 cm³/mol. The third-order valence-electron chi connectivity index (χ3n) is 4.73. The second-order valence-corrected chi connectivity index (χ2v) is 6.20. The fourth-order valence-electron chi connectivity index (χ4n) is 3.67. The molecule has 112 valence electrons. The Hall–Kier alpha value is -1.46. The zero-order valence-electron chi connectivity index (χ0n) is 12.4. The summed E-state index contributed by atoms with van der Waals surface area (Å²) in [6, 6.07) is 4.07. The highest BCUT2D eigenvalue weighted by molar-refractivity contribution is 5.71. The lowest BCUT2D eigenvalue weighted by molar-refractivity contribution is 0.308. The molecule has 21 heavy (non-hydrogen) atoms. The largest absolute Gasteiger partial charge is 0.316 e. The van der Waals surface area contributed by atoms with Crippen LogP contribution in [0.4, 0.5) is 0 Å². The van der Waals surface area contributed by atoms with Crippen molar-refractivity contribution in [2.45, 2.75) is 44.2 Å². The average molecular weight is 285 g/mol. The van der Waals surface area contributed by atoms with Crippen molar-refractivity contribution in [2.75, 3.05) is 19.6 Å². The van der Waals surface area contributed by atoms with Gasteiger partial charge in [0, 0.05) is 18.7 Å². The number of pyridine rings is 1. The zero-order chi connectivity index (χ0) is 14.1. The molecule has 0 saturated carbocycles. The van der Waals surface area contributed by atoms with Crippen LogP contribution in [0.3, 0.4) is 0 Å². The molecule has 0 spiro atoms. The van der Waals surface area contributed by atoms with E-state index in [0.717, 1.165) is 30.8 Å². The van der Waals surface area contributed by atoms with E-state index in [-0.39, 0.29) is 0 Å². The molecular weight excluding hydrogens is 262 g/mol. The average Bonchev–Trinajstić information content (AvgIpc) is 2.96. The highest BCUT2D eigenvalue weighted by atomic mass is 15.2. The highest BCUT2D eigenvalue weighted by Gasteiger charge is 2.27. The van der Waals surface area contributed by atoms with Crippen molar-refractivity contribution in [2.24, 2.45) is 0 Å². The number of piperidine rings is 2. The maximum absolute atomic E-state index is 4.93. The summed E-state index contributed by atoms with van der Waals surface area (Å²) >= 11 is 0. The molecule has 2 aliphatic heterocycles. The predicted octanol–water partition coefficient (Wildman–Crippen LogP) is 2.17. The quantitative estimate of drug-likeness (QED) is 0.888. The van der Waals surface area contributed by atoms with Crippen LogP contribution in [-0.4, -0.2) is 34.2 Å². The lowest BCUT2D eigenvalue weighted by Gasteiger charge is -2.30. The summed E-state index contributed by atoms with van der Waals surface area (Å²) in [7, 11) is 0. The molecule has 2 aliphatic rings. The lowest BCUT2D eigenvalue weighted by atomic mass is 9.98. The molecule has 5 heteroatoms. The molecular formula is C16H23N5. The molecule has 0 bridgehead atoms. The van der Waals surface area contributed by atoms with E-state index in [9.17, 15) is 0 Å². The first kappa shape index (κ1) is 13.2. The normalized spacial score (nSPS) is 27.0. The molecule has 4 rings (SSSR count). The van der Waals surface area contributed by atoms with Crippen molar-refractivity contribution < 1.29 is 0 Å². The molecule has 2 aromatic heterocycles. The molecule has 5 nitrogen and oxygen atoms in total. The zero-order valence-corrected chi connectivity index (χ0v) is 12.4. The standard InChI is InChI=1S/C16H23N5/c1-2-9-18-14(7-1)21-15(12-5-3-8-17-11-12)20-13-6-4-10-19-16(13)21/h4,6,10,12,14,17-18H,1-3,5,7-9,11H2. The van der Waals surface area contributed by atoms with Gasteiger partial charge in [-0.15, -0.1) is 0 Å². The van der Waals surface area contributed by atoms with Gasteiger partial charge in [0.25, 0.3) is 0 Å². The molecule has 2 fully saturated rings. The van der Waals surface area contributed by atoms with Gasteiger partial charge in [-0.05, 0) is 57.3 Å². The second kappa shape index (κ2) is 5.73. The van der Waals surface area contributed by atoms with Crippen molar-refractivity contribution in [3.8, 4) is 0 Å². The summed E-state index contributed by atoms with van der Waals surface area (Å²) in [5.74, 6) is 1.73. The van der Waals surface area contributed by atoms with E-state index in [2.05, 4.69) is 26.3 Å². The number of imidazole rings is 1. The Morgan fingerprint density at radius 2 is 2.14 bits per heavy atom. The van der Waals surface area contributed by atoms with Gasteiger partial charge in [-0.3, -0.25) is 9.88 Å². The molecule has 2 N–H and O–H groups in total. The fourth-order valence-corrected chi connectivity index (χ4v) is 3.67. The van der Waals surface area contributed by atoms with Crippen LogP contribution in [0.2, 0.25) is 0 Å². The highest BCUT2D eigenvalue weighted by Crippen LogP contribution is 2.30. The minimum Gasteiger partial charge on any atom is -0.316 e. The summed E-state index contributed by atoms with van der Waals surface area (Å²) in [4.78, 5) is 9.54. The molecule has 2 saturated heterocycles. The van der Waals surface area contributed by atoms with Gasteiger partial charge >= 0.3 is 0 Å². The summed E-state index contributed by atoms with van der Waals surface area (Å²) < 4.78 is 2.38. The van der Waals surface area contributed by atoms with Crippen LogP contribution in [0.1, 0.15) is 50.0 Å². The fraction of sp³-hybridized carbons (Fsp3) is 0.625. The summed E-state index contributed by atoms with van der Waals surface area (Å²) in [6.45, 7) is 3.27. The molecule has 0 aliphatic carbocycles. The minimum absolute atomic E-state index is 0.357. The van der Waals surface area contributed by atoms with Crippen LogP contribution >= 0.6 is 0 Å². The molecule has 2 atom stereocenters. The van der Waals surface area contributed by atoms with E-state index in [1.54, 1.807) is 0 Å². The van der Waals surface area contributed by atoms with Crippen LogP contribution < -0.4 is 10.6 Å². The van der Waals surface area contributed by atoms with Gasteiger partial charge < -0.3 is 5.32 Å². The van der Waals surface area contributed by atoms with Gasteiger partial charge in [-0.1, -0.05) is 0 Å². The summed E-state index contributed by atoms with van der Waals surface area (Å²) in [5, 5.41) is 7.17. The van der Waals surface area contributed by atoms with Crippen molar-refractivity contribution in [3.63, 3.8) is 0 Å². The first-order valence-electron chi connectivity index (χ1n) is 8.20. The second-order valence-electron chi connectivity index (χ2n) is 6.20. The number of aromatic nitrogens is 3. The number of hydrogen-bond acceptors (Lipinski definition) is 4. The van der Waals surface area contributed by atoms with Gasteiger partial charge in [0.05, 0.1) is 6.17 Å². The number of hydrogen-bond donors (Lipinski definition) is 2. The Kier molecular flexibility index (Phi) is 3.61. The van der Waals surface area contributed by atoms with Crippen molar-refractivity contribution in [1.82, 2.24) is 25.2 Å². The monoisotopic (exact) mass is 285 g/mol. The Morgan fingerprint density at radius 1 is 1.14 bits per heavy atom. The third kappa shape index (κ3) is 2.45. The first-order chi connectivity index (χ1) is 10.4. The SMILES string of the molecule is c1cnc2c(c1)nc(C1CCCNC1)n2C1CCCCN1. The van der Waals surface area contributed by atoms with E-state index >= 15 is 0 Å². The maximum atomic E-state index is 4.93. The Balaban J connectivity index is 1.79. The molecule has 2 unspecified atom stereocenters. The summed E-state index contributed by atoms with van der Waals surface area (Å²) in [6.07, 6.45) is 8.43. The van der Waals surface area contributed by atoms with Crippen molar-refractivity contribution in [3.05, 3.63) is 24.2 Å². The van der Waals surface area contributed by atoms with E-state index in [1.807, 2.05) is 12.3 Å². The van der Waals surface area contributed by atoms with Crippen LogP contribution in [0.15, 0.2) is 18.3 Å². The summed E-state index contributed by atoms with van der Waals surface area (Å²) in [5.41, 5.74) is 2.07. The first-order valence-corrected chi connectivity index (χ1v) is 8.20. The van der Waals surface area contributed by atoms with Crippen molar-refractivity contribution >= 4 is 11.2 Å². The maximum Gasteiger partial charge on any atom is 0.161 e. The minimum atomic E-state index is 0.357. The molecule has 0 amide bonds. The van der Waals surface area contributed by atoms with Gasteiger partial charge in [0.2, 0.25) is 0 Å². The van der Waals surface area contributed by atoms with Gasteiger partial charge in [-0.25, -0.2) is 9.97 Å². The molecule has 0 radical (unpaired) electrons. The topological polar surface area (TPSA) is 54.8 Å². The number of nitrogens with zero attached hydrogens (tertiary/aromatic N) is 3. The number of rotatable bonds is 2. The van der Waals surface area contributed by atoms with Gasteiger partial charge in [0.15, 0.2) is 5.65 Å². The third-order valence-corrected chi connectivity index (χ3v) is 4.73. The van der Waals surface area contributed by atoms with Gasteiger partial charge in [0.1, 0.15) is 11.3 Å². The Morgan fingerprint density at radius 3 is 2.95 bits per heavy atom. The number of fused-ring (bicyclic) bond motifs is 1. The van der Waals surface area contributed by atoms with E-state index in [0.29, 0.717) is 12.1 Å². The van der Waals surface area contributed by atoms with E-state index < -0.39 is 0 Å². The molecule has 4 heterocycles. The van der Waals surface area contributed by atoms with Crippen LogP contribution in [0, 0.1) is 0 Å². The lowest BCUT2D eigenvalue weighted by Crippen LogP contribution is -2.35. The van der Waals surface area contributed by atoms with Crippen LogP contribution in [0.5, 0.6) is 0 Å². The number of nitrogens with one attached hydrogen (secondary N) is 2.